The second kappa shape index (κ2) is 16.7. The van der Waals surface area contributed by atoms with Gasteiger partial charge < -0.3 is 45.2 Å². The summed E-state index contributed by atoms with van der Waals surface area (Å²) in [6.07, 6.45) is 5.77. The predicted octanol–water partition coefficient (Wildman–Crippen LogP) is 5.71. The maximum atomic E-state index is 13.8. The van der Waals surface area contributed by atoms with Gasteiger partial charge in [0.25, 0.3) is 5.91 Å². The Morgan fingerprint density at radius 3 is 1.69 bits per heavy atom. The smallest absolute Gasteiger partial charge is 0.407 e. The molecule has 2 aromatic carbocycles. The van der Waals surface area contributed by atoms with Gasteiger partial charge in [-0.05, 0) is 60.8 Å². The molecule has 4 atom stereocenters. The van der Waals surface area contributed by atoms with Crippen molar-refractivity contribution in [2.45, 2.75) is 84.0 Å². The van der Waals surface area contributed by atoms with Gasteiger partial charge in [-0.3, -0.25) is 14.4 Å². The van der Waals surface area contributed by atoms with Crippen LogP contribution in [0, 0.1) is 11.8 Å². The molecule has 306 valence electrons. The summed E-state index contributed by atoms with van der Waals surface area (Å²) in [6, 6.07) is 9.71. The number of alkyl carbamates (subject to hydrolysis) is 2. The number of anilines is 1. The van der Waals surface area contributed by atoms with Crippen LogP contribution < -0.4 is 16.0 Å². The largest absolute Gasteiger partial charge is 0.453 e. The van der Waals surface area contributed by atoms with Crippen molar-refractivity contribution < 1.29 is 33.4 Å². The Labute approximate surface area is 336 Å². The normalized spacial score (nSPS) is 18.6. The fourth-order valence-electron chi connectivity index (χ4n) is 8.21. The van der Waals surface area contributed by atoms with E-state index >= 15 is 0 Å². The number of hydrogen-bond donors (Lipinski definition) is 5. The first-order valence-corrected chi connectivity index (χ1v) is 19.8. The molecule has 16 heteroatoms. The quantitative estimate of drug-likeness (QED) is 0.133. The number of nitrogens with one attached hydrogen (secondary N) is 5. The molecule has 5 amide bonds. The summed E-state index contributed by atoms with van der Waals surface area (Å²) in [4.78, 5) is 84.8. The van der Waals surface area contributed by atoms with Gasteiger partial charge in [0.2, 0.25) is 11.8 Å². The van der Waals surface area contributed by atoms with Crippen LogP contribution in [0.15, 0.2) is 48.8 Å². The molecule has 0 aliphatic carbocycles. The van der Waals surface area contributed by atoms with Gasteiger partial charge in [-0.1, -0.05) is 52.0 Å². The number of nitrogens with zero attached hydrogens (tertiary/aromatic N) is 4. The summed E-state index contributed by atoms with van der Waals surface area (Å²) < 4.78 is 9.52. The second-order valence-electron chi connectivity index (χ2n) is 15.8. The van der Waals surface area contributed by atoms with E-state index in [1.165, 1.54) is 14.2 Å². The molecular weight excluding hydrogens is 743 g/mol. The first kappa shape index (κ1) is 40.0. The van der Waals surface area contributed by atoms with E-state index < -0.39 is 24.3 Å². The zero-order chi connectivity index (χ0) is 41.2. The van der Waals surface area contributed by atoms with Crippen molar-refractivity contribution in [3.8, 4) is 22.5 Å². The number of likely N-dealkylation sites (tertiary alicyclic amines) is 2. The first-order chi connectivity index (χ1) is 27.9. The van der Waals surface area contributed by atoms with E-state index in [2.05, 4.69) is 35.9 Å². The number of H-pyrrole nitrogens is 2. The highest BCUT2D eigenvalue weighted by Gasteiger charge is 2.39. The molecule has 0 bridgehead atoms. The van der Waals surface area contributed by atoms with Gasteiger partial charge in [-0.25, -0.2) is 19.6 Å². The van der Waals surface area contributed by atoms with E-state index in [9.17, 15) is 24.0 Å². The second-order valence-corrected chi connectivity index (χ2v) is 15.8. The van der Waals surface area contributed by atoms with Crippen molar-refractivity contribution >= 4 is 35.6 Å². The van der Waals surface area contributed by atoms with Crippen LogP contribution in [0.1, 0.15) is 98.6 Å². The van der Waals surface area contributed by atoms with Crippen molar-refractivity contribution in [1.29, 1.82) is 0 Å². The monoisotopic (exact) mass is 793 g/mol. The third-order valence-corrected chi connectivity index (χ3v) is 11.4. The standard InChI is InChI=1S/C42H51N9O7/c1-22(2)34(48-41(55)57-5)39(53)50-15-7-9-32(50)36-43-20-30(45-36)26-12-11-24-17-25-13-14-27(19-29(25)47-38(52)28(24)18-26)31-21-44-37(46-31)33-10-8-16-51(33)40(54)35(23(3)4)49-42(56)58-6/h11-14,18-23,32-35H,7-10,15-17H2,1-6H3,(H,43,45)(H,44,46)(H,47,52)(H,48,55)(H,49,56)/t32-,33-,34-,35-/m0/s1. The van der Waals surface area contributed by atoms with Crippen LogP contribution in [0.2, 0.25) is 0 Å². The number of imidazole rings is 2. The summed E-state index contributed by atoms with van der Waals surface area (Å²) >= 11 is 0. The van der Waals surface area contributed by atoms with Gasteiger partial charge in [0, 0.05) is 41.9 Å². The van der Waals surface area contributed by atoms with E-state index in [1.807, 2.05) is 64.1 Å². The number of aromatic amines is 2. The third kappa shape index (κ3) is 8.00. The lowest BCUT2D eigenvalue weighted by Gasteiger charge is -2.30. The van der Waals surface area contributed by atoms with Gasteiger partial charge in [-0.15, -0.1) is 0 Å². The molecule has 0 unspecified atom stereocenters. The van der Waals surface area contributed by atoms with Crippen LogP contribution in [0.25, 0.3) is 22.5 Å². The molecule has 7 rings (SSSR count). The Morgan fingerprint density at radius 2 is 1.21 bits per heavy atom. The molecule has 5 N–H and O–H groups in total. The van der Waals surface area contributed by atoms with Gasteiger partial charge >= 0.3 is 12.2 Å². The maximum absolute atomic E-state index is 13.8. The SMILES string of the molecule is COC(=O)N[C@H](C(=O)N1CCC[C@H]1c1ncc(-c2ccc3c(c2)NC(=O)c2cc(-c4cnc([C@@H]5CCCN5C(=O)[C@@H](NC(=O)OC)C(C)C)[nH]4)ccc2C3)[nH]1)C(C)C. The molecule has 0 radical (unpaired) electrons. The number of aromatic nitrogens is 4. The Hall–Kier alpha value is -6.19. The summed E-state index contributed by atoms with van der Waals surface area (Å²) in [5.41, 5.74) is 6.18. The molecule has 0 saturated carbocycles. The predicted molar refractivity (Wildman–Crippen MR) is 215 cm³/mol. The molecule has 2 fully saturated rings. The summed E-state index contributed by atoms with van der Waals surface area (Å²) in [7, 11) is 2.55. The number of benzene rings is 2. The number of amides is 5. The minimum atomic E-state index is -0.732. The van der Waals surface area contributed by atoms with Crippen molar-refractivity contribution in [3.05, 3.63) is 77.1 Å². The van der Waals surface area contributed by atoms with Gasteiger partial charge in [0.05, 0.1) is 50.1 Å². The summed E-state index contributed by atoms with van der Waals surface area (Å²) in [5.74, 6) is 0.426. The van der Waals surface area contributed by atoms with E-state index in [0.717, 1.165) is 59.3 Å². The third-order valence-electron chi connectivity index (χ3n) is 11.4. The highest BCUT2D eigenvalue weighted by Crippen LogP contribution is 2.36. The molecule has 4 aromatic rings. The Morgan fingerprint density at radius 1 is 0.724 bits per heavy atom. The van der Waals surface area contributed by atoms with E-state index in [4.69, 9.17) is 9.47 Å². The number of hydrogen-bond acceptors (Lipinski definition) is 9. The molecular formula is C42H51N9O7. The fraction of sp³-hybridized carbons (Fsp3) is 0.452. The van der Waals surface area contributed by atoms with Crippen LogP contribution in [0.4, 0.5) is 15.3 Å². The molecule has 3 aliphatic heterocycles. The van der Waals surface area contributed by atoms with Crippen LogP contribution in [-0.4, -0.2) is 99.0 Å². The van der Waals surface area contributed by atoms with Crippen LogP contribution >= 0.6 is 0 Å². The number of ether oxygens (including phenoxy) is 2. The number of rotatable bonds is 10. The van der Waals surface area contributed by atoms with Crippen LogP contribution in [0.5, 0.6) is 0 Å². The minimum absolute atomic E-state index is 0.139. The van der Waals surface area contributed by atoms with Crippen LogP contribution in [0.3, 0.4) is 0 Å². The van der Waals surface area contributed by atoms with Gasteiger partial charge in [-0.2, -0.15) is 0 Å². The lowest BCUT2D eigenvalue weighted by molar-refractivity contribution is -0.136. The fourth-order valence-corrected chi connectivity index (χ4v) is 8.21. The lowest BCUT2D eigenvalue weighted by atomic mass is 9.97. The van der Waals surface area contributed by atoms with Crippen molar-refractivity contribution in [2.75, 3.05) is 32.6 Å². The molecule has 5 heterocycles. The van der Waals surface area contributed by atoms with Crippen molar-refractivity contribution in [3.63, 3.8) is 0 Å². The van der Waals surface area contributed by atoms with Crippen molar-refractivity contribution in [1.82, 2.24) is 40.4 Å². The maximum Gasteiger partial charge on any atom is 0.407 e. The van der Waals surface area contributed by atoms with Gasteiger partial charge in [0.1, 0.15) is 23.7 Å². The zero-order valence-electron chi connectivity index (χ0n) is 33.7. The average Bonchev–Trinajstić information content (AvgIpc) is 4.05. The highest BCUT2D eigenvalue weighted by atomic mass is 16.5. The van der Waals surface area contributed by atoms with Crippen LogP contribution in [-0.2, 0) is 25.5 Å². The number of carbonyl (C=O) groups is 5. The molecule has 3 aliphatic rings. The molecule has 2 saturated heterocycles. The summed E-state index contributed by atoms with van der Waals surface area (Å²) in [6.45, 7) is 8.62. The number of fused-ring (bicyclic) bond motifs is 2. The molecule has 58 heavy (non-hydrogen) atoms. The van der Waals surface area contributed by atoms with Crippen molar-refractivity contribution in [2.24, 2.45) is 11.8 Å². The lowest BCUT2D eigenvalue weighted by Crippen LogP contribution is -2.51. The minimum Gasteiger partial charge on any atom is -0.453 e. The Kier molecular flexibility index (Phi) is 11.5. The zero-order valence-corrected chi connectivity index (χ0v) is 33.7. The number of carbonyl (C=O) groups excluding carboxylic acids is 5. The molecule has 0 spiro atoms. The molecule has 2 aromatic heterocycles. The van der Waals surface area contributed by atoms with Gasteiger partial charge in [0.15, 0.2) is 0 Å². The first-order valence-electron chi connectivity index (χ1n) is 19.8. The summed E-state index contributed by atoms with van der Waals surface area (Å²) in [5, 5.41) is 8.48. The topological polar surface area (TPSA) is 204 Å². The Balaban J connectivity index is 1.06. The van der Waals surface area contributed by atoms with E-state index in [0.29, 0.717) is 42.4 Å². The highest BCUT2D eigenvalue weighted by molar-refractivity contribution is 6.07. The molecule has 16 nitrogen and oxygen atoms in total. The number of methoxy groups -OCH3 is 2. The van der Waals surface area contributed by atoms with E-state index in [1.54, 1.807) is 22.2 Å². The average molecular weight is 794 g/mol. The van der Waals surface area contributed by atoms with E-state index in [-0.39, 0.29) is 41.6 Å². The Bertz CT molecular complexity index is 2210.